The summed E-state index contributed by atoms with van der Waals surface area (Å²) < 4.78 is 1.98. The first-order chi connectivity index (χ1) is 13.6. The van der Waals surface area contributed by atoms with Crippen molar-refractivity contribution in [2.75, 3.05) is 52.9 Å². The van der Waals surface area contributed by atoms with Gasteiger partial charge in [0.2, 0.25) is 5.91 Å². The number of aliphatic imine (C=N–C) groups is 1. The third kappa shape index (κ3) is 6.53. The monoisotopic (exact) mass is 518 g/mol. The molecule has 29 heavy (non-hydrogen) atoms. The minimum atomic E-state index is 0. The molecule has 0 unspecified atom stereocenters. The van der Waals surface area contributed by atoms with Gasteiger partial charge in [0.05, 0.1) is 13.1 Å². The molecule has 3 rings (SSSR count). The summed E-state index contributed by atoms with van der Waals surface area (Å²) in [6.07, 6.45) is 4.80. The van der Waals surface area contributed by atoms with Crippen LogP contribution in [0.25, 0.3) is 0 Å². The van der Waals surface area contributed by atoms with E-state index in [1.807, 2.05) is 18.5 Å². The summed E-state index contributed by atoms with van der Waals surface area (Å²) in [4.78, 5) is 23.6. The van der Waals surface area contributed by atoms with Crippen molar-refractivity contribution in [2.45, 2.75) is 39.2 Å². The Morgan fingerprint density at radius 3 is 2.21 bits per heavy atom. The number of hydrogen-bond acceptors (Lipinski definition) is 5. The van der Waals surface area contributed by atoms with Crippen LogP contribution in [0, 0.1) is 6.92 Å². The fourth-order valence-corrected chi connectivity index (χ4v) is 3.82. The lowest BCUT2D eigenvalue weighted by molar-refractivity contribution is -0.132. The van der Waals surface area contributed by atoms with E-state index < -0.39 is 0 Å². The molecule has 1 aromatic heterocycles. The molecule has 2 fully saturated rings. The molecule has 0 spiro atoms. The number of aryl methyl sites for hydroxylation is 1. The molecule has 2 aliphatic heterocycles. The van der Waals surface area contributed by atoms with E-state index >= 15 is 0 Å². The van der Waals surface area contributed by atoms with Crippen molar-refractivity contribution >= 4 is 35.8 Å². The summed E-state index contributed by atoms with van der Waals surface area (Å²) in [7, 11) is 3.77. The molecular formula is C19H35IN8O. The van der Waals surface area contributed by atoms with Gasteiger partial charge in [0.15, 0.2) is 11.8 Å². The van der Waals surface area contributed by atoms with E-state index in [0.29, 0.717) is 13.1 Å². The Balaban J connectivity index is 0.00000300. The first-order valence-corrected chi connectivity index (χ1v) is 10.4. The smallest absolute Gasteiger partial charge is 0.236 e. The Morgan fingerprint density at radius 1 is 1.00 bits per heavy atom. The molecule has 0 aliphatic carbocycles. The summed E-state index contributed by atoms with van der Waals surface area (Å²) >= 11 is 0. The Hall–Kier alpha value is -1.43. The molecule has 1 amide bonds. The van der Waals surface area contributed by atoms with Gasteiger partial charge in [-0.25, -0.2) is 0 Å². The van der Waals surface area contributed by atoms with E-state index in [0.717, 1.165) is 69.7 Å². The lowest BCUT2D eigenvalue weighted by Gasteiger charge is -2.36. The van der Waals surface area contributed by atoms with Crippen LogP contribution < -0.4 is 5.32 Å². The van der Waals surface area contributed by atoms with Crippen LogP contribution in [0.1, 0.15) is 37.3 Å². The van der Waals surface area contributed by atoms with Crippen molar-refractivity contribution in [1.29, 1.82) is 0 Å². The van der Waals surface area contributed by atoms with Crippen molar-refractivity contribution in [2.24, 2.45) is 12.0 Å². The van der Waals surface area contributed by atoms with E-state index in [-0.39, 0.29) is 29.9 Å². The molecule has 9 nitrogen and oxygen atoms in total. The molecule has 164 valence electrons. The highest BCUT2D eigenvalue weighted by atomic mass is 127. The zero-order valence-electron chi connectivity index (χ0n) is 17.9. The Kier molecular flexibility index (Phi) is 9.60. The van der Waals surface area contributed by atoms with E-state index in [1.54, 1.807) is 7.05 Å². The van der Waals surface area contributed by atoms with Gasteiger partial charge in [-0.2, -0.15) is 0 Å². The molecule has 1 N–H and O–H groups in total. The third-order valence-corrected chi connectivity index (χ3v) is 5.79. The average Bonchev–Trinajstić information content (AvgIpc) is 2.91. The predicted molar refractivity (Wildman–Crippen MR) is 124 cm³/mol. The molecule has 2 aliphatic rings. The van der Waals surface area contributed by atoms with Gasteiger partial charge >= 0.3 is 0 Å². The van der Waals surface area contributed by atoms with Gasteiger partial charge in [-0.15, -0.1) is 34.2 Å². The number of amides is 1. The van der Waals surface area contributed by atoms with Crippen LogP contribution in [0.15, 0.2) is 4.99 Å². The SMILES string of the molecule is CN=C(NCc1nnc(C)n1C)N1CCN(CC(=O)N2CCCCCC2)CC1.I. The molecule has 0 radical (unpaired) electrons. The number of nitrogens with zero attached hydrogens (tertiary/aromatic N) is 7. The van der Waals surface area contributed by atoms with E-state index in [9.17, 15) is 4.79 Å². The van der Waals surface area contributed by atoms with Gasteiger partial charge < -0.3 is 19.7 Å². The number of guanidine groups is 1. The molecule has 0 bridgehead atoms. The minimum Gasteiger partial charge on any atom is -0.349 e. The normalized spacial score (nSPS) is 18.9. The molecule has 10 heteroatoms. The fourth-order valence-electron chi connectivity index (χ4n) is 3.82. The summed E-state index contributed by atoms with van der Waals surface area (Å²) in [5.74, 6) is 2.95. The molecule has 2 saturated heterocycles. The maximum atomic E-state index is 12.6. The van der Waals surface area contributed by atoms with E-state index in [4.69, 9.17) is 0 Å². The van der Waals surface area contributed by atoms with Crippen LogP contribution in [-0.2, 0) is 18.4 Å². The highest BCUT2D eigenvalue weighted by molar-refractivity contribution is 14.0. The first kappa shape index (κ1) is 23.8. The second-order valence-electron chi connectivity index (χ2n) is 7.68. The lowest BCUT2D eigenvalue weighted by Crippen LogP contribution is -2.54. The standard InChI is InChI=1S/C19H34N8O.HI/c1-16-22-23-17(24(16)3)14-21-19(20-2)27-12-10-25(11-13-27)15-18(28)26-8-6-4-5-7-9-26;/h4-15H2,1-3H3,(H,20,21);1H. The van der Waals surface area contributed by atoms with E-state index in [1.165, 1.54) is 12.8 Å². The van der Waals surface area contributed by atoms with Gasteiger partial charge in [0.1, 0.15) is 5.82 Å². The first-order valence-electron chi connectivity index (χ1n) is 10.4. The highest BCUT2D eigenvalue weighted by Gasteiger charge is 2.23. The van der Waals surface area contributed by atoms with Crippen LogP contribution in [0.4, 0.5) is 0 Å². The van der Waals surface area contributed by atoms with Crippen LogP contribution in [0.3, 0.4) is 0 Å². The van der Waals surface area contributed by atoms with Gasteiger partial charge in [-0.1, -0.05) is 12.8 Å². The minimum absolute atomic E-state index is 0. The van der Waals surface area contributed by atoms with Crippen molar-refractivity contribution in [1.82, 2.24) is 34.8 Å². The number of carbonyl (C=O) groups is 1. The molecule has 0 saturated carbocycles. The zero-order chi connectivity index (χ0) is 19.9. The summed E-state index contributed by atoms with van der Waals surface area (Å²) in [6.45, 7) is 8.42. The number of carbonyl (C=O) groups excluding carboxylic acids is 1. The fraction of sp³-hybridized carbons (Fsp3) is 0.789. The zero-order valence-corrected chi connectivity index (χ0v) is 20.3. The maximum Gasteiger partial charge on any atom is 0.236 e. The topological polar surface area (TPSA) is 81.9 Å². The van der Waals surface area contributed by atoms with Crippen molar-refractivity contribution < 1.29 is 4.79 Å². The number of aromatic nitrogens is 3. The molecule has 0 atom stereocenters. The van der Waals surface area contributed by atoms with Gasteiger partial charge in [0.25, 0.3) is 0 Å². The van der Waals surface area contributed by atoms with Crippen molar-refractivity contribution in [3.8, 4) is 0 Å². The van der Waals surface area contributed by atoms with Crippen molar-refractivity contribution in [3.63, 3.8) is 0 Å². The van der Waals surface area contributed by atoms with E-state index in [2.05, 4.69) is 35.2 Å². The Bertz CT molecular complexity index is 676. The lowest BCUT2D eigenvalue weighted by atomic mass is 10.2. The molecular weight excluding hydrogens is 483 g/mol. The second kappa shape index (κ2) is 11.7. The summed E-state index contributed by atoms with van der Waals surface area (Å²) in [5.41, 5.74) is 0. The van der Waals surface area contributed by atoms with Gasteiger partial charge in [-0.05, 0) is 19.8 Å². The Labute approximate surface area is 190 Å². The molecule has 0 aromatic carbocycles. The van der Waals surface area contributed by atoms with Gasteiger partial charge in [0, 0.05) is 53.4 Å². The largest absolute Gasteiger partial charge is 0.349 e. The highest BCUT2D eigenvalue weighted by Crippen LogP contribution is 2.11. The number of rotatable bonds is 4. The van der Waals surface area contributed by atoms with Crippen molar-refractivity contribution in [3.05, 3.63) is 11.6 Å². The number of nitrogens with one attached hydrogen (secondary N) is 1. The number of piperazine rings is 1. The maximum absolute atomic E-state index is 12.6. The summed E-state index contributed by atoms with van der Waals surface area (Å²) in [6, 6.07) is 0. The number of likely N-dealkylation sites (tertiary alicyclic amines) is 1. The predicted octanol–water partition coefficient (Wildman–Crippen LogP) is 0.837. The average molecular weight is 518 g/mol. The van der Waals surface area contributed by atoms with Crippen LogP contribution >= 0.6 is 24.0 Å². The quantitative estimate of drug-likeness (QED) is 0.362. The van der Waals surface area contributed by atoms with Crippen LogP contribution in [0.5, 0.6) is 0 Å². The van der Waals surface area contributed by atoms with Gasteiger partial charge in [-0.3, -0.25) is 14.7 Å². The second-order valence-corrected chi connectivity index (χ2v) is 7.68. The summed E-state index contributed by atoms with van der Waals surface area (Å²) in [5, 5.41) is 11.7. The molecule has 1 aromatic rings. The van der Waals surface area contributed by atoms with Crippen LogP contribution in [-0.4, -0.2) is 94.2 Å². The number of hydrogen-bond donors (Lipinski definition) is 1. The van der Waals surface area contributed by atoms with Crippen LogP contribution in [0.2, 0.25) is 0 Å². The molecule has 3 heterocycles. The Morgan fingerprint density at radius 2 is 1.66 bits per heavy atom. The third-order valence-electron chi connectivity index (χ3n) is 5.79. The number of halogens is 1.